The molecule has 4 heteroatoms. The van der Waals surface area contributed by atoms with E-state index in [2.05, 4.69) is 0 Å². The van der Waals surface area contributed by atoms with Crippen LogP contribution in [-0.2, 0) is 11.2 Å². The third-order valence-electron chi connectivity index (χ3n) is 1.90. The molecule has 0 saturated carbocycles. The number of urea groups is 1. The van der Waals surface area contributed by atoms with Crippen molar-refractivity contribution in [2.45, 2.75) is 6.42 Å². The van der Waals surface area contributed by atoms with Crippen LogP contribution < -0.4 is 5.73 Å². The molecule has 4 nitrogen and oxygen atoms in total. The van der Waals surface area contributed by atoms with Gasteiger partial charge in [-0.1, -0.05) is 30.3 Å². The Kier molecular flexibility index (Phi) is 3.23. The van der Waals surface area contributed by atoms with Crippen LogP contribution in [0.15, 0.2) is 30.3 Å². The molecular weight excluding hydrogens is 180 g/mol. The summed E-state index contributed by atoms with van der Waals surface area (Å²) in [6.45, 7) is 0. The van der Waals surface area contributed by atoms with Crippen molar-refractivity contribution in [1.29, 1.82) is 0 Å². The molecule has 0 aliphatic carbocycles. The summed E-state index contributed by atoms with van der Waals surface area (Å²) in [4.78, 5) is 22.9. The average Bonchev–Trinajstić information content (AvgIpc) is 2.18. The molecule has 0 spiro atoms. The topological polar surface area (TPSA) is 63.4 Å². The standard InChI is InChI=1S/C10H12N2O2/c1-12(10(11)14)9(13)7-8-5-3-2-4-6-8/h2-6H,7H2,1H3,(H2,11,14). The van der Waals surface area contributed by atoms with Gasteiger partial charge in [-0.2, -0.15) is 0 Å². The highest BCUT2D eigenvalue weighted by Gasteiger charge is 2.13. The number of carbonyl (C=O) groups is 2. The number of rotatable bonds is 2. The highest BCUT2D eigenvalue weighted by Crippen LogP contribution is 2.01. The molecule has 3 amide bonds. The third-order valence-corrected chi connectivity index (χ3v) is 1.90. The van der Waals surface area contributed by atoms with Crippen molar-refractivity contribution in [2.24, 2.45) is 5.73 Å². The summed E-state index contributed by atoms with van der Waals surface area (Å²) in [5, 5.41) is 0. The lowest BCUT2D eigenvalue weighted by atomic mass is 10.1. The molecule has 74 valence electrons. The number of carbonyl (C=O) groups excluding carboxylic acids is 2. The van der Waals surface area contributed by atoms with Gasteiger partial charge in [0.25, 0.3) is 0 Å². The molecule has 2 N–H and O–H groups in total. The van der Waals surface area contributed by atoms with Gasteiger partial charge < -0.3 is 5.73 Å². The molecule has 0 saturated heterocycles. The van der Waals surface area contributed by atoms with Gasteiger partial charge >= 0.3 is 6.03 Å². The summed E-state index contributed by atoms with van der Waals surface area (Å²) in [6.07, 6.45) is 0.195. The first kappa shape index (κ1) is 10.2. The second-order valence-corrected chi connectivity index (χ2v) is 2.95. The van der Waals surface area contributed by atoms with Crippen LogP contribution in [0.3, 0.4) is 0 Å². The first-order valence-corrected chi connectivity index (χ1v) is 4.21. The third kappa shape index (κ3) is 2.58. The SMILES string of the molecule is CN(C(N)=O)C(=O)Cc1ccccc1. The number of nitrogens with two attached hydrogens (primary N) is 1. The molecule has 0 atom stereocenters. The number of primary amides is 1. The van der Waals surface area contributed by atoms with Gasteiger partial charge in [0, 0.05) is 7.05 Å². The molecule has 0 radical (unpaired) electrons. The second-order valence-electron chi connectivity index (χ2n) is 2.95. The summed E-state index contributed by atoms with van der Waals surface area (Å²) in [5.74, 6) is -0.302. The quantitative estimate of drug-likeness (QED) is 0.752. The Morgan fingerprint density at radius 1 is 1.29 bits per heavy atom. The fourth-order valence-electron chi connectivity index (χ4n) is 1.01. The van der Waals surface area contributed by atoms with Crippen LogP contribution in [0.2, 0.25) is 0 Å². The summed E-state index contributed by atoms with van der Waals surface area (Å²) >= 11 is 0. The van der Waals surface area contributed by atoms with E-state index in [1.54, 1.807) is 0 Å². The van der Waals surface area contributed by atoms with E-state index in [4.69, 9.17) is 5.73 Å². The van der Waals surface area contributed by atoms with Gasteiger partial charge in [-0.15, -0.1) is 0 Å². The smallest absolute Gasteiger partial charge is 0.321 e. The van der Waals surface area contributed by atoms with Crippen LogP contribution in [0.5, 0.6) is 0 Å². The van der Waals surface area contributed by atoms with Crippen molar-refractivity contribution in [3.63, 3.8) is 0 Å². The van der Waals surface area contributed by atoms with E-state index in [-0.39, 0.29) is 12.3 Å². The molecule has 0 aliphatic heterocycles. The van der Waals surface area contributed by atoms with Crippen LogP contribution >= 0.6 is 0 Å². The molecule has 0 aromatic heterocycles. The number of nitrogens with zero attached hydrogens (tertiary/aromatic N) is 1. The lowest BCUT2D eigenvalue weighted by molar-refractivity contribution is -0.126. The number of likely N-dealkylation sites (N-methyl/N-ethyl adjacent to an activating group) is 1. The van der Waals surface area contributed by atoms with Gasteiger partial charge in [0.05, 0.1) is 6.42 Å². The fourth-order valence-corrected chi connectivity index (χ4v) is 1.01. The average molecular weight is 192 g/mol. The molecule has 1 aromatic carbocycles. The number of imide groups is 1. The van der Waals surface area contributed by atoms with Crippen molar-refractivity contribution < 1.29 is 9.59 Å². The van der Waals surface area contributed by atoms with Crippen molar-refractivity contribution in [1.82, 2.24) is 4.90 Å². The Morgan fingerprint density at radius 2 is 1.86 bits per heavy atom. The zero-order chi connectivity index (χ0) is 10.6. The minimum Gasteiger partial charge on any atom is -0.351 e. The van der Waals surface area contributed by atoms with Crippen molar-refractivity contribution in [3.05, 3.63) is 35.9 Å². The molecule has 1 aromatic rings. The van der Waals surface area contributed by atoms with E-state index in [0.717, 1.165) is 10.5 Å². The van der Waals surface area contributed by atoms with Gasteiger partial charge in [-0.05, 0) is 5.56 Å². The monoisotopic (exact) mass is 192 g/mol. The highest BCUT2D eigenvalue weighted by molar-refractivity contribution is 5.94. The first-order valence-electron chi connectivity index (χ1n) is 4.21. The van der Waals surface area contributed by atoms with Gasteiger partial charge in [0.1, 0.15) is 0 Å². The lowest BCUT2D eigenvalue weighted by Crippen LogP contribution is -2.38. The lowest BCUT2D eigenvalue weighted by Gasteiger charge is -2.11. The minimum absolute atomic E-state index is 0.195. The number of hydrogen-bond donors (Lipinski definition) is 1. The Labute approximate surface area is 82.3 Å². The van der Waals surface area contributed by atoms with E-state index in [9.17, 15) is 9.59 Å². The van der Waals surface area contributed by atoms with Crippen LogP contribution in [0.25, 0.3) is 0 Å². The highest BCUT2D eigenvalue weighted by atomic mass is 16.2. The normalized spacial score (nSPS) is 9.50. The Hall–Kier alpha value is -1.84. The van der Waals surface area contributed by atoms with Gasteiger partial charge in [-0.25, -0.2) is 4.79 Å². The largest absolute Gasteiger partial charge is 0.351 e. The molecule has 0 bridgehead atoms. The van der Waals surface area contributed by atoms with Crippen LogP contribution in [0, 0.1) is 0 Å². The summed E-state index contributed by atoms with van der Waals surface area (Å²) in [5.41, 5.74) is 5.82. The molecule has 0 unspecified atom stereocenters. The molecule has 0 heterocycles. The molecule has 1 rings (SSSR count). The zero-order valence-corrected chi connectivity index (χ0v) is 7.93. The van der Waals surface area contributed by atoms with E-state index in [1.807, 2.05) is 30.3 Å². The van der Waals surface area contributed by atoms with Gasteiger partial charge in [0.2, 0.25) is 5.91 Å². The van der Waals surface area contributed by atoms with Crippen LogP contribution in [-0.4, -0.2) is 23.9 Å². The fraction of sp³-hybridized carbons (Fsp3) is 0.200. The molecule has 14 heavy (non-hydrogen) atoms. The molecular formula is C10H12N2O2. The van der Waals surface area contributed by atoms with E-state index in [0.29, 0.717) is 0 Å². The molecule has 0 aliphatic rings. The van der Waals surface area contributed by atoms with E-state index < -0.39 is 6.03 Å². The van der Waals surface area contributed by atoms with Crippen molar-refractivity contribution in [2.75, 3.05) is 7.05 Å². The maximum atomic E-state index is 11.4. The summed E-state index contributed by atoms with van der Waals surface area (Å²) in [6, 6.07) is 8.47. The van der Waals surface area contributed by atoms with Gasteiger partial charge in [0.15, 0.2) is 0 Å². The predicted octanol–water partition coefficient (Wildman–Crippen LogP) is 0.766. The summed E-state index contributed by atoms with van der Waals surface area (Å²) in [7, 11) is 1.37. The Balaban J connectivity index is 2.62. The maximum Gasteiger partial charge on any atom is 0.321 e. The minimum atomic E-state index is -0.731. The Bertz CT molecular complexity index is 335. The Morgan fingerprint density at radius 3 is 2.36 bits per heavy atom. The van der Waals surface area contributed by atoms with E-state index >= 15 is 0 Å². The number of benzene rings is 1. The number of hydrogen-bond acceptors (Lipinski definition) is 2. The molecule has 0 fully saturated rings. The van der Waals surface area contributed by atoms with Crippen molar-refractivity contribution in [3.8, 4) is 0 Å². The summed E-state index contributed by atoms with van der Waals surface area (Å²) < 4.78 is 0. The number of amides is 3. The maximum absolute atomic E-state index is 11.4. The first-order chi connectivity index (χ1) is 6.61. The zero-order valence-electron chi connectivity index (χ0n) is 7.93. The van der Waals surface area contributed by atoms with E-state index in [1.165, 1.54) is 7.05 Å². The second kappa shape index (κ2) is 4.41. The van der Waals surface area contributed by atoms with Crippen LogP contribution in [0.4, 0.5) is 4.79 Å². The van der Waals surface area contributed by atoms with Gasteiger partial charge in [-0.3, -0.25) is 9.69 Å². The van der Waals surface area contributed by atoms with Crippen LogP contribution in [0.1, 0.15) is 5.56 Å². The van der Waals surface area contributed by atoms with Crippen molar-refractivity contribution >= 4 is 11.9 Å². The predicted molar refractivity (Wildman–Crippen MR) is 52.5 cm³/mol.